The lowest BCUT2D eigenvalue weighted by Gasteiger charge is -2.13. The van der Waals surface area contributed by atoms with E-state index in [1.165, 1.54) is 12.4 Å². The second-order valence-corrected chi connectivity index (χ2v) is 7.95. The Bertz CT molecular complexity index is 1120. The van der Waals surface area contributed by atoms with E-state index in [0.29, 0.717) is 29.4 Å². The second-order valence-electron chi connectivity index (χ2n) is 6.98. The number of fused-ring (bicyclic) bond motifs is 1. The maximum absolute atomic E-state index is 13.4. The van der Waals surface area contributed by atoms with Crippen molar-refractivity contribution in [3.63, 3.8) is 0 Å². The number of hydrogen-bond donors (Lipinski definition) is 3. The third-order valence-electron chi connectivity index (χ3n) is 4.33. The second kappa shape index (κ2) is 10.1. The molecule has 0 spiro atoms. The third-order valence-corrected chi connectivity index (χ3v) is 4.99. The minimum atomic E-state index is -0.390. The van der Waals surface area contributed by atoms with Gasteiger partial charge in [-0.05, 0) is 32.0 Å². The van der Waals surface area contributed by atoms with Crippen molar-refractivity contribution in [3.8, 4) is 0 Å². The molecule has 0 bridgehead atoms. The highest BCUT2D eigenvalue weighted by atomic mass is 35.5. The Morgan fingerprint density at radius 1 is 1.39 bits per heavy atom. The highest BCUT2D eigenvalue weighted by Crippen LogP contribution is 2.26. The number of carbonyl (C=O) groups is 1. The molecule has 1 amide bonds. The number of rotatable bonds is 9. The van der Waals surface area contributed by atoms with E-state index in [1.54, 1.807) is 25.3 Å². The van der Waals surface area contributed by atoms with E-state index >= 15 is 0 Å². The molecule has 0 saturated carbocycles. The minimum Gasteiger partial charge on any atom is -0.383 e. The van der Waals surface area contributed by atoms with Crippen LogP contribution < -0.4 is 10.6 Å². The molecule has 0 radical (unpaired) electrons. The zero-order chi connectivity index (χ0) is 22.5. The first-order valence-corrected chi connectivity index (χ1v) is 10.5. The average molecular weight is 465 g/mol. The summed E-state index contributed by atoms with van der Waals surface area (Å²) in [6.45, 7) is 4.66. The van der Waals surface area contributed by atoms with Gasteiger partial charge in [-0.15, -0.1) is 3.89 Å². The first-order valence-electron chi connectivity index (χ1n) is 9.45. The van der Waals surface area contributed by atoms with Crippen molar-refractivity contribution in [3.05, 3.63) is 52.4 Å². The molecule has 1 aromatic carbocycles. The van der Waals surface area contributed by atoms with Crippen LogP contribution in [0, 0.1) is 5.41 Å². The molecule has 0 atom stereocenters. The van der Waals surface area contributed by atoms with E-state index in [1.807, 2.05) is 13.8 Å². The molecule has 0 aliphatic carbocycles. The van der Waals surface area contributed by atoms with Crippen LogP contribution in [0.2, 0.25) is 5.02 Å². The van der Waals surface area contributed by atoms with E-state index in [0.717, 1.165) is 3.97 Å². The fraction of sp³-hybridized carbons (Fsp3) is 0.300. The van der Waals surface area contributed by atoms with Gasteiger partial charge >= 0.3 is 0 Å². The Morgan fingerprint density at radius 2 is 2.16 bits per heavy atom. The van der Waals surface area contributed by atoms with Crippen LogP contribution in [0.4, 0.5) is 9.57 Å². The van der Waals surface area contributed by atoms with Crippen molar-refractivity contribution in [2.45, 2.75) is 19.9 Å². The number of ether oxygens (including phenoxy) is 1. The molecular formula is C20H22ClFN6O2S. The number of benzene rings is 1. The molecule has 2 heterocycles. The normalized spacial score (nSPS) is 11.2. The van der Waals surface area contributed by atoms with E-state index in [-0.39, 0.29) is 52.4 Å². The van der Waals surface area contributed by atoms with E-state index in [2.05, 4.69) is 20.6 Å². The van der Waals surface area contributed by atoms with E-state index in [9.17, 15) is 8.68 Å². The number of anilines is 1. The number of amides is 1. The first kappa shape index (κ1) is 23.0. The molecule has 2 aromatic heterocycles. The van der Waals surface area contributed by atoms with Crippen LogP contribution in [0.25, 0.3) is 11.2 Å². The summed E-state index contributed by atoms with van der Waals surface area (Å²) >= 11 is 6.04. The van der Waals surface area contributed by atoms with Gasteiger partial charge in [-0.1, -0.05) is 11.6 Å². The van der Waals surface area contributed by atoms with Crippen molar-refractivity contribution < 1.29 is 13.4 Å². The molecule has 31 heavy (non-hydrogen) atoms. The van der Waals surface area contributed by atoms with Gasteiger partial charge in [0.15, 0.2) is 18.0 Å². The topological polar surface area (TPSA) is 105 Å². The number of halogens is 2. The fourth-order valence-corrected chi connectivity index (χ4v) is 3.47. The van der Waals surface area contributed by atoms with Gasteiger partial charge in [0.1, 0.15) is 11.2 Å². The Morgan fingerprint density at radius 3 is 2.84 bits per heavy atom. The summed E-state index contributed by atoms with van der Waals surface area (Å²) in [4.78, 5) is 21.3. The van der Waals surface area contributed by atoms with Crippen LogP contribution in [-0.2, 0) is 4.74 Å². The summed E-state index contributed by atoms with van der Waals surface area (Å²) in [5, 5.41) is 15.2. The third kappa shape index (κ3) is 5.15. The van der Waals surface area contributed by atoms with Gasteiger partial charge in [0.25, 0.3) is 5.91 Å². The maximum Gasteiger partial charge on any atom is 0.255 e. The molecule has 0 fully saturated rings. The van der Waals surface area contributed by atoms with Gasteiger partial charge in [-0.25, -0.2) is 13.9 Å². The minimum absolute atomic E-state index is 0.0747. The van der Waals surface area contributed by atoms with Crippen LogP contribution in [0.5, 0.6) is 0 Å². The largest absolute Gasteiger partial charge is 0.383 e. The molecule has 11 heteroatoms. The summed E-state index contributed by atoms with van der Waals surface area (Å²) in [6.07, 6.45) is 2.73. The predicted molar refractivity (Wildman–Crippen MR) is 122 cm³/mol. The fourth-order valence-electron chi connectivity index (χ4n) is 2.95. The van der Waals surface area contributed by atoms with Gasteiger partial charge in [0.2, 0.25) is 0 Å². The average Bonchev–Trinajstić information content (AvgIpc) is 3.11. The standard InChI is InChI=1S/C20H22ClFN6O2S/c1-11(2)26-20(29)14-10-28(31-22)19-18(14)27-16(9-25-19)17(23)13-5-4-12(21)8-15(13)24-6-7-30-3/h4-5,8-11,23-24H,6-7H2,1-3H3,(H,26,29). The van der Waals surface area contributed by atoms with Gasteiger partial charge in [0, 0.05) is 42.2 Å². The molecule has 164 valence electrons. The smallest absolute Gasteiger partial charge is 0.255 e. The van der Waals surface area contributed by atoms with Crippen LogP contribution in [0.3, 0.4) is 0 Å². The Labute approximate surface area is 188 Å². The molecule has 0 aliphatic heterocycles. The summed E-state index contributed by atoms with van der Waals surface area (Å²) in [5.41, 5.74) is 2.13. The number of nitrogens with one attached hydrogen (secondary N) is 3. The molecule has 0 saturated heterocycles. The van der Waals surface area contributed by atoms with Crippen molar-refractivity contribution in [1.29, 1.82) is 5.41 Å². The van der Waals surface area contributed by atoms with E-state index in [4.69, 9.17) is 21.7 Å². The molecule has 3 N–H and O–H groups in total. The van der Waals surface area contributed by atoms with Crippen LogP contribution >= 0.6 is 23.9 Å². The van der Waals surface area contributed by atoms with Crippen molar-refractivity contribution in [2.75, 3.05) is 25.6 Å². The number of hydrogen-bond acceptors (Lipinski definition) is 7. The number of aromatic nitrogens is 3. The highest BCUT2D eigenvalue weighted by molar-refractivity contribution is 7.92. The molecular weight excluding hydrogens is 443 g/mol. The Balaban J connectivity index is 2.03. The maximum atomic E-state index is 13.4. The molecule has 8 nitrogen and oxygen atoms in total. The zero-order valence-corrected chi connectivity index (χ0v) is 18.8. The molecule has 3 aromatic rings. The van der Waals surface area contributed by atoms with Crippen LogP contribution in [-0.4, -0.2) is 51.9 Å². The lowest BCUT2D eigenvalue weighted by molar-refractivity contribution is 0.0944. The molecule has 3 rings (SSSR count). The summed E-state index contributed by atoms with van der Waals surface area (Å²) in [5.74, 6) is -0.390. The number of nitrogens with zero attached hydrogens (tertiary/aromatic N) is 3. The van der Waals surface area contributed by atoms with Crippen molar-refractivity contribution in [2.24, 2.45) is 0 Å². The van der Waals surface area contributed by atoms with E-state index < -0.39 is 0 Å². The Hall–Kier alpha value is -2.69. The highest BCUT2D eigenvalue weighted by Gasteiger charge is 2.21. The van der Waals surface area contributed by atoms with Crippen molar-refractivity contribution >= 4 is 52.4 Å². The zero-order valence-electron chi connectivity index (χ0n) is 17.2. The predicted octanol–water partition coefficient (Wildman–Crippen LogP) is 4.08. The van der Waals surface area contributed by atoms with Crippen LogP contribution in [0.15, 0.2) is 30.6 Å². The lowest BCUT2D eigenvalue weighted by Crippen LogP contribution is -2.30. The molecule has 0 aliphatic rings. The summed E-state index contributed by atoms with van der Waals surface area (Å²) < 4.78 is 19.6. The number of methoxy groups -OCH3 is 1. The quantitative estimate of drug-likeness (QED) is 0.325. The lowest BCUT2D eigenvalue weighted by atomic mass is 10.1. The number of carbonyl (C=O) groups excluding carboxylic acids is 1. The monoisotopic (exact) mass is 464 g/mol. The van der Waals surface area contributed by atoms with Gasteiger partial charge < -0.3 is 15.4 Å². The first-order chi connectivity index (χ1) is 14.8. The van der Waals surface area contributed by atoms with Crippen LogP contribution in [0.1, 0.15) is 35.5 Å². The van der Waals surface area contributed by atoms with Crippen molar-refractivity contribution in [1.82, 2.24) is 19.3 Å². The molecule has 0 unspecified atom stereocenters. The summed E-state index contributed by atoms with van der Waals surface area (Å²) in [6, 6.07) is 5.00. The summed E-state index contributed by atoms with van der Waals surface area (Å²) in [7, 11) is 1.60. The van der Waals surface area contributed by atoms with Gasteiger partial charge in [-0.3, -0.25) is 10.2 Å². The van der Waals surface area contributed by atoms with Gasteiger partial charge in [0.05, 0.1) is 24.1 Å². The Kier molecular flexibility index (Phi) is 7.47. The van der Waals surface area contributed by atoms with Gasteiger partial charge in [-0.2, -0.15) is 0 Å². The SMILES string of the molecule is COCCNc1cc(Cl)ccc1C(=N)c1cnc2c(n1)c(C(=O)NC(C)C)cn2SF.